The second-order valence-electron chi connectivity index (χ2n) is 13.3. The molecule has 2 heteroatoms. The van der Waals surface area contributed by atoms with Gasteiger partial charge in [0.15, 0.2) is 0 Å². The second-order valence-corrected chi connectivity index (χ2v) is 24.2. The maximum Gasteiger partial charge on any atom is 0.120 e. The lowest BCUT2D eigenvalue weighted by Gasteiger charge is -2.43. The molecule has 0 bridgehead atoms. The van der Waals surface area contributed by atoms with Crippen LogP contribution in [0.5, 0.6) is 0 Å². The maximum atomic E-state index is 2.71. The average Bonchev–Trinajstić information content (AvgIpc) is 3.35. The van der Waals surface area contributed by atoms with Crippen LogP contribution in [0.4, 0.5) is 0 Å². The Morgan fingerprint density at radius 1 is 0.464 bits per heavy atom. The summed E-state index contributed by atoms with van der Waals surface area (Å²) in [5.74, 6) is 0. The van der Waals surface area contributed by atoms with E-state index in [1.165, 1.54) is 0 Å². The van der Waals surface area contributed by atoms with Gasteiger partial charge in [-0.3, -0.25) is 0 Å². The molecule has 0 fully saturated rings. The topological polar surface area (TPSA) is 0 Å². The Bertz CT molecular complexity index is 754. The van der Waals surface area contributed by atoms with E-state index >= 15 is 0 Å². The first kappa shape index (κ1) is 21.8. The van der Waals surface area contributed by atoms with Crippen molar-refractivity contribution in [2.75, 3.05) is 0 Å². The molecule has 0 aromatic heterocycles. The van der Waals surface area contributed by atoms with E-state index in [0.717, 1.165) is 0 Å². The van der Waals surface area contributed by atoms with Crippen LogP contribution in [0.15, 0.2) is 35.7 Å². The van der Waals surface area contributed by atoms with Crippen LogP contribution >= 0.6 is 0 Å². The van der Waals surface area contributed by atoms with E-state index in [4.69, 9.17) is 0 Å². The third kappa shape index (κ3) is 2.81. The van der Waals surface area contributed by atoms with Crippen LogP contribution in [0.1, 0.15) is 94.2 Å². The Morgan fingerprint density at radius 2 is 0.714 bits per heavy atom. The first-order valence-electron chi connectivity index (χ1n) is 11.0. The van der Waals surface area contributed by atoms with Gasteiger partial charge in [0, 0.05) is 0 Å². The zero-order valence-electron chi connectivity index (χ0n) is 20.5. The second kappa shape index (κ2) is 5.85. The lowest BCUT2D eigenvalue weighted by molar-refractivity contribution is 0.644. The highest BCUT2D eigenvalue weighted by Gasteiger charge is 2.65. The third-order valence-corrected chi connectivity index (χ3v) is 20.5. The van der Waals surface area contributed by atoms with Crippen molar-refractivity contribution < 1.29 is 0 Å². The van der Waals surface area contributed by atoms with Gasteiger partial charge in [0.1, 0.15) is 16.1 Å². The standard InChI is InChI=1S/C26H42Si2/c1-23(2,3)27(24(4,5)6)17-21(27)19-15-13-14-16-20(19)22-18-28(22,25(7,8)9)26(10,11)12/h13-18H,1-12H3. The van der Waals surface area contributed by atoms with Crippen LogP contribution in [0, 0.1) is 0 Å². The molecule has 0 atom stereocenters. The molecule has 3 rings (SSSR count). The minimum atomic E-state index is -1.63. The number of hydrogen-bond acceptors (Lipinski definition) is 0. The van der Waals surface area contributed by atoms with Crippen LogP contribution in [0.2, 0.25) is 20.2 Å². The first-order valence-corrected chi connectivity index (χ1v) is 15.1. The highest BCUT2D eigenvalue weighted by atomic mass is 28.3. The smallest absolute Gasteiger partial charge is 0.0888 e. The fraction of sp³-hybridized carbons (Fsp3) is 0.615. The normalized spacial score (nSPS) is 21.1. The molecular weight excluding hydrogens is 368 g/mol. The summed E-state index contributed by atoms with van der Waals surface area (Å²) in [5, 5.41) is 4.84. The largest absolute Gasteiger partial charge is 0.120 e. The van der Waals surface area contributed by atoms with Crippen molar-refractivity contribution in [3.63, 3.8) is 0 Å². The Balaban J connectivity index is 2.09. The molecule has 0 N–H and O–H groups in total. The molecule has 0 saturated carbocycles. The van der Waals surface area contributed by atoms with Crippen molar-refractivity contribution in [2.24, 2.45) is 0 Å². The number of hydrogen-bond donors (Lipinski definition) is 0. The zero-order valence-corrected chi connectivity index (χ0v) is 22.5. The summed E-state index contributed by atoms with van der Waals surface area (Å²) in [4.78, 5) is 0. The van der Waals surface area contributed by atoms with Gasteiger partial charge < -0.3 is 0 Å². The summed E-state index contributed by atoms with van der Waals surface area (Å²) in [7, 11) is -3.27. The zero-order chi connectivity index (χ0) is 21.6. The highest BCUT2D eigenvalue weighted by molar-refractivity contribution is 7.17. The minimum absolute atomic E-state index is 0.355. The van der Waals surface area contributed by atoms with Crippen molar-refractivity contribution in [3.8, 4) is 0 Å². The molecule has 154 valence electrons. The van der Waals surface area contributed by atoms with Gasteiger partial charge in [-0.15, -0.1) is 0 Å². The molecule has 1 aromatic rings. The molecule has 28 heavy (non-hydrogen) atoms. The van der Waals surface area contributed by atoms with Gasteiger partial charge in [-0.05, 0) is 31.3 Å². The summed E-state index contributed by atoms with van der Waals surface area (Å²) >= 11 is 0. The molecule has 0 aliphatic carbocycles. The molecule has 0 saturated heterocycles. The Morgan fingerprint density at radius 3 is 0.893 bits per heavy atom. The van der Waals surface area contributed by atoms with Crippen molar-refractivity contribution in [2.45, 2.75) is 103 Å². The van der Waals surface area contributed by atoms with Gasteiger partial charge in [-0.25, -0.2) is 0 Å². The Labute approximate surface area is 176 Å². The Kier molecular flexibility index (Phi) is 4.56. The molecule has 0 nitrogen and oxygen atoms in total. The van der Waals surface area contributed by atoms with Crippen LogP contribution < -0.4 is 0 Å². The molecule has 2 aliphatic heterocycles. The molecule has 0 amide bonds. The van der Waals surface area contributed by atoms with Gasteiger partial charge in [-0.1, -0.05) is 129 Å². The summed E-state index contributed by atoms with van der Waals surface area (Å²) in [6.45, 7) is 29.6. The summed E-state index contributed by atoms with van der Waals surface area (Å²) in [6, 6.07) is 9.33. The molecule has 0 radical (unpaired) electrons. The summed E-state index contributed by atoms with van der Waals surface area (Å²) in [6.07, 6.45) is 0. The monoisotopic (exact) mass is 410 g/mol. The van der Waals surface area contributed by atoms with E-state index in [1.54, 1.807) is 21.5 Å². The molecular formula is C26H42Si2. The van der Waals surface area contributed by atoms with E-state index in [0.29, 0.717) is 20.2 Å². The quantitative estimate of drug-likeness (QED) is 0.427. The Hall–Kier alpha value is -0.866. The van der Waals surface area contributed by atoms with Crippen LogP contribution in [0.3, 0.4) is 0 Å². The van der Waals surface area contributed by atoms with E-state index in [9.17, 15) is 0 Å². The van der Waals surface area contributed by atoms with Gasteiger partial charge in [0.05, 0.1) is 0 Å². The molecule has 0 spiro atoms. The minimum Gasteiger partial charge on any atom is -0.0888 e. The molecule has 0 unspecified atom stereocenters. The van der Waals surface area contributed by atoms with E-state index in [2.05, 4.69) is 119 Å². The van der Waals surface area contributed by atoms with Crippen molar-refractivity contribution in [1.82, 2.24) is 0 Å². The van der Waals surface area contributed by atoms with Gasteiger partial charge >= 0.3 is 0 Å². The van der Waals surface area contributed by atoms with Crippen molar-refractivity contribution >= 4 is 26.5 Å². The third-order valence-electron chi connectivity index (χ3n) is 7.64. The van der Waals surface area contributed by atoms with Crippen LogP contribution in [-0.2, 0) is 0 Å². The van der Waals surface area contributed by atoms with E-state index in [-0.39, 0.29) is 0 Å². The van der Waals surface area contributed by atoms with Crippen LogP contribution in [0.25, 0.3) is 10.4 Å². The summed E-state index contributed by atoms with van der Waals surface area (Å²) < 4.78 is 0. The molecule has 2 aliphatic rings. The van der Waals surface area contributed by atoms with Crippen molar-refractivity contribution in [3.05, 3.63) is 46.8 Å². The SMILES string of the molecule is CC(C)(C)[Si]1(C(C)(C)C)C=C1c1ccccc1C1=C[Si]1(C(C)(C)C)C(C)(C)C. The lowest BCUT2D eigenvalue weighted by Crippen LogP contribution is -2.42. The molecule has 2 heterocycles. The predicted octanol–water partition coefficient (Wildman–Crippen LogP) is 8.74. The van der Waals surface area contributed by atoms with Gasteiger partial charge in [0.25, 0.3) is 0 Å². The fourth-order valence-electron chi connectivity index (χ4n) is 6.63. The predicted molar refractivity (Wildman–Crippen MR) is 133 cm³/mol. The van der Waals surface area contributed by atoms with Gasteiger partial charge in [0.2, 0.25) is 0 Å². The van der Waals surface area contributed by atoms with Gasteiger partial charge in [-0.2, -0.15) is 0 Å². The number of rotatable bonds is 2. The average molecular weight is 411 g/mol. The van der Waals surface area contributed by atoms with Crippen molar-refractivity contribution in [1.29, 1.82) is 0 Å². The maximum absolute atomic E-state index is 2.71. The van der Waals surface area contributed by atoms with Crippen LogP contribution in [-0.4, -0.2) is 16.1 Å². The first-order chi connectivity index (χ1) is 12.4. The molecule has 1 aromatic carbocycles. The number of benzene rings is 1. The summed E-state index contributed by atoms with van der Waals surface area (Å²) in [5.41, 5.74) is 8.53. The van der Waals surface area contributed by atoms with E-state index in [1.807, 2.05) is 0 Å². The van der Waals surface area contributed by atoms with E-state index < -0.39 is 16.1 Å². The lowest BCUT2D eigenvalue weighted by atomic mass is 10.1. The fourth-order valence-corrected chi connectivity index (χ4v) is 19.3. The highest BCUT2D eigenvalue weighted by Crippen LogP contribution is 2.69.